The zero-order chi connectivity index (χ0) is 19.0. The highest BCUT2D eigenvalue weighted by atomic mass is 16.9. The van der Waals surface area contributed by atoms with Gasteiger partial charge in [-0.25, -0.2) is 4.79 Å². The summed E-state index contributed by atoms with van der Waals surface area (Å²) in [5.41, 5.74) is 0.357. The van der Waals surface area contributed by atoms with Crippen molar-refractivity contribution in [1.82, 2.24) is 0 Å². The van der Waals surface area contributed by atoms with Crippen LogP contribution in [0.1, 0.15) is 69.7 Å². The second-order valence-electron chi connectivity index (χ2n) is 6.63. The van der Waals surface area contributed by atoms with E-state index in [1.807, 2.05) is 0 Å². The van der Waals surface area contributed by atoms with Gasteiger partial charge >= 0.3 is 17.9 Å². The molecular formula is C20H28O6. The first-order valence-electron chi connectivity index (χ1n) is 9.28. The Balaban J connectivity index is 1.74. The summed E-state index contributed by atoms with van der Waals surface area (Å²) in [6.07, 6.45) is 5.31. The largest absolute Gasteiger partial charge is 0.463 e. The highest BCUT2D eigenvalue weighted by Crippen LogP contribution is 2.32. The molecule has 0 saturated carbocycles. The number of hydrogen-bond donors (Lipinski definition) is 0. The van der Waals surface area contributed by atoms with Crippen molar-refractivity contribution >= 4 is 11.9 Å². The van der Waals surface area contributed by atoms with Gasteiger partial charge in [-0.15, -0.1) is 0 Å². The summed E-state index contributed by atoms with van der Waals surface area (Å²) < 4.78 is 21.8. The van der Waals surface area contributed by atoms with Gasteiger partial charge in [-0.05, 0) is 25.5 Å². The van der Waals surface area contributed by atoms with Gasteiger partial charge < -0.3 is 18.9 Å². The van der Waals surface area contributed by atoms with Crippen LogP contribution in [-0.4, -0.2) is 30.6 Å². The molecule has 0 spiro atoms. The quantitative estimate of drug-likeness (QED) is 0.457. The van der Waals surface area contributed by atoms with Gasteiger partial charge in [0.2, 0.25) is 0 Å². The molecule has 26 heavy (non-hydrogen) atoms. The highest BCUT2D eigenvalue weighted by Gasteiger charge is 2.40. The van der Waals surface area contributed by atoms with Crippen molar-refractivity contribution in [1.29, 1.82) is 0 Å². The lowest BCUT2D eigenvalue weighted by molar-refractivity contribution is -0.327. The number of carbonyl (C=O) groups excluding carboxylic acids is 2. The van der Waals surface area contributed by atoms with Crippen molar-refractivity contribution in [3.63, 3.8) is 0 Å². The lowest BCUT2D eigenvalue weighted by atomic mass is 10.1. The van der Waals surface area contributed by atoms with Crippen LogP contribution in [-0.2, 0) is 19.0 Å². The molecule has 0 fully saturated rings. The van der Waals surface area contributed by atoms with E-state index in [0.29, 0.717) is 17.7 Å². The summed E-state index contributed by atoms with van der Waals surface area (Å²) in [4.78, 5) is 23.8. The van der Waals surface area contributed by atoms with E-state index in [0.717, 1.165) is 19.3 Å². The van der Waals surface area contributed by atoms with Crippen molar-refractivity contribution in [2.24, 2.45) is 0 Å². The number of benzene rings is 1. The Morgan fingerprint density at radius 1 is 1.15 bits per heavy atom. The Kier molecular flexibility index (Phi) is 7.45. The van der Waals surface area contributed by atoms with Gasteiger partial charge in [-0.3, -0.25) is 4.79 Å². The number of carbonyl (C=O) groups is 2. The van der Waals surface area contributed by atoms with Gasteiger partial charge in [0, 0.05) is 13.3 Å². The molecule has 6 heteroatoms. The first-order valence-corrected chi connectivity index (χ1v) is 9.28. The number of para-hydroxylation sites is 1. The molecule has 2 atom stereocenters. The number of fused-ring (bicyclic) bond motifs is 1. The molecule has 1 heterocycles. The van der Waals surface area contributed by atoms with Crippen LogP contribution in [0, 0.1) is 0 Å². The predicted molar refractivity (Wildman–Crippen MR) is 95.8 cm³/mol. The predicted octanol–water partition coefficient (Wildman–Crippen LogP) is 4.22. The molecule has 0 bridgehead atoms. The number of cyclic esters (lactones) is 1. The maximum absolute atomic E-state index is 12.1. The molecule has 0 amide bonds. The van der Waals surface area contributed by atoms with Gasteiger partial charge in [0.15, 0.2) is 0 Å². The molecule has 2 rings (SSSR count). The van der Waals surface area contributed by atoms with Gasteiger partial charge in [0.05, 0.1) is 6.10 Å². The van der Waals surface area contributed by atoms with Crippen molar-refractivity contribution in [2.45, 2.75) is 71.4 Å². The Hall–Kier alpha value is -2.08. The minimum atomic E-state index is -1.54. The Morgan fingerprint density at radius 3 is 2.65 bits per heavy atom. The lowest BCUT2D eigenvalue weighted by Gasteiger charge is -2.35. The minimum Gasteiger partial charge on any atom is -0.463 e. The van der Waals surface area contributed by atoms with E-state index in [1.54, 1.807) is 31.2 Å². The van der Waals surface area contributed by atoms with Gasteiger partial charge in [0.1, 0.15) is 17.9 Å². The fourth-order valence-corrected chi connectivity index (χ4v) is 2.77. The van der Waals surface area contributed by atoms with Crippen LogP contribution in [0.3, 0.4) is 0 Å². The first-order chi connectivity index (χ1) is 12.4. The first kappa shape index (κ1) is 20.2. The zero-order valence-electron chi connectivity index (χ0n) is 15.8. The molecular weight excluding hydrogens is 336 g/mol. The molecule has 1 aromatic carbocycles. The molecule has 0 saturated heterocycles. The molecule has 1 aliphatic heterocycles. The van der Waals surface area contributed by atoms with Crippen LogP contribution in [0.2, 0.25) is 0 Å². The van der Waals surface area contributed by atoms with E-state index >= 15 is 0 Å². The molecule has 6 nitrogen and oxygen atoms in total. The molecule has 1 aromatic rings. The normalized spacial score (nSPS) is 19.9. The Bertz CT molecular complexity index is 614. The smallest absolute Gasteiger partial charge is 0.371 e. The Labute approximate surface area is 154 Å². The average molecular weight is 364 g/mol. The second kappa shape index (κ2) is 9.57. The van der Waals surface area contributed by atoms with E-state index < -0.39 is 18.0 Å². The second-order valence-corrected chi connectivity index (χ2v) is 6.63. The SMILES string of the molecule is CCCCCCCC(=O)OCC(C)OC1(C)OC(=O)c2ccccc2O1. The summed E-state index contributed by atoms with van der Waals surface area (Å²) >= 11 is 0. The van der Waals surface area contributed by atoms with E-state index in [2.05, 4.69) is 6.92 Å². The lowest BCUT2D eigenvalue weighted by Crippen LogP contribution is -2.47. The summed E-state index contributed by atoms with van der Waals surface area (Å²) in [5.74, 6) is -1.89. The van der Waals surface area contributed by atoms with Gasteiger partial charge in [-0.2, -0.15) is 0 Å². The number of rotatable bonds is 10. The van der Waals surface area contributed by atoms with Crippen LogP contribution in [0.5, 0.6) is 5.75 Å². The van der Waals surface area contributed by atoms with Crippen LogP contribution >= 0.6 is 0 Å². The molecule has 0 N–H and O–H groups in total. The Morgan fingerprint density at radius 2 is 1.88 bits per heavy atom. The standard InChI is InChI=1S/C20H28O6/c1-4-5-6-7-8-13-18(21)23-14-15(2)24-20(3)25-17-12-10-9-11-16(17)19(22)26-20/h9-12,15H,4-8,13-14H2,1-3H3. The summed E-state index contributed by atoms with van der Waals surface area (Å²) in [7, 11) is 0. The number of esters is 2. The minimum absolute atomic E-state index is 0.0753. The molecule has 1 aliphatic rings. The number of unbranched alkanes of at least 4 members (excludes halogenated alkanes) is 4. The third-order valence-electron chi connectivity index (χ3n) is 4.06. The summed E-state index contributed by atoms with van der Waals surface area (Å²) in [6, 6.07) is 6.81. The fraction of sp³-hybridized carbons (Fsp3) is 0.600. The summed E-state index contributed by atoms with van der Waals surface area (Å²) in [5, 5.41) is 0. The van der Waals surface area contributed by atoms with Crippen molar-refractivity contribution in [3.8, 4) is 5.75 Å². The number of ether oxygens (including phenoxy) is 4. The third-order valence-corrected chi connectivity index (χ3v) is 4.06. The van der Waals surface area contributed by atoms with Crippen molar-refractivity contribution < 1.29 is 28.5 Å². The molecule has 0 radical (unpaired) electrons. The van der Waals surface area contributed by atoms with Crippen LogP contribution in [0.25, 0.3) is 0 Å². The monoisotopic (exact) mass is 364 g/mol. The molecule has 0 aliphatic carbocycles. The third kappa shape index (κ3) is 6.02. The molecule has 144 valence electrons. The highest BCUT2D eigenvalue weighted by molar-refractivity contribution is 5.93. The van der Waals surface area contributed by atoms with Gasteiger partial charge in [0.25, 0.3) is 0 Å². The average Bonchev–Trinajstić information content (AvgIpc) is 2.59. The molecule has 0 aromatic heterocycles. The van der Waals surface area contributed by atoms with E-state index in [-0.39, 0.29) is 12.6 Å². The van der Waals surface area contributed by atoms with E-state index in [4.69, 9.17) is 18.9 Å². The van der Waals surface area contributed by atoms with Crippen LogP contribution < -0.4 is 4.74 Å². The topological polar surface area (TPSA) is 71.1 Å². The maximum Gasteiger partial charge on any atom is 0.371 e. The summed E-state index contributed by atoms with van der Waals surface area (Å²) in [6.45, 7) is 5.48. The van der Waals surface area contributed by atoms with Gasteiger partial charge in [-0.1, -0.05) is 44.7 Å². The molecule has 2 unspecified atom stereocenters. The fourth-order valence-electron chi connectivity index (χ4n) is 2.77. The van der Waals surface area contributed by atoms with Crippen LogP contribution in [0.4, 0.5) is 0 Å². The van der Waals surface area contributed by atoms with Crippen molar-refractivity contribution in [3.05, 3.63) is 29.8 Å². The number of hydrogen-bond acceptors (Lipinski definition) is 6. The van der Waals surface area contributed by atoms with Crippen molar-refractivity contribution in [2.75, 3.05) is 6.61 Å². The van der Waals surface area contributed by atoms with E-state index in [1.165, 1.54) is 19.8 Å². The van der Waals surface area contributed by atoms with Crippen LogP contribution in [0.15, 0.2) is 24.3 Å². The zero-order valence-corrected chi connectivity index (χ0v) is 15.8. The van der Waals surface area contributed by atoms with E-state index in [9.17, 15) is 9.59 Å². The maximum atomic E-state index is 12.1.